The Morgan fingerprint density at radius 3 is 1.83 bits per heavy atom. The van der Waals surface area contributed by atoms with Gasteiger partial charge in [-0.25, -0.2) is 9.59 Å². The fourth-order valence-corrected chi connectivity index (χ4v) is 4.80. The number of ether oxygens (including phenoxy) is 3. The number of benzene rings is 2. The van der Waals surface area contributed by atoms with Gasteiger partial charge >= 0.3 is 18.0 Å². The molecular formula is C31H44N4O6. The lowest BCUT2D eigenvalue weighted by Crippen LogP contribution is -2.59. The van der Waals surface area contributed by atoms with Crippen molar-refractivity contribution in [3.8, 4) is 0 Å². The zero-order valence-electron chi connectivity index (χ0n) is 24.9. The normalized spacial score (nSPS) is 19.9. The second-order valence-corrected chi connectivity index (χ2v) is 11.2. The summed E-state index contributed by atoms with van der Waals surface area (Å²) in [6.45, 7) is 11.1. The maximum absolute atomic E-state index is 12.4. The number of amides is 1. The molecule has 2 saturated heterocycles. The number of piperazine rings is 2. The molecule has 224 valence electrons. The quantitative estimate of drug-likeness (QED) is 0.416. The van der Waals surface area contributed by atoms with Crippen LogP contribution in [0, 0.1) is 0 Å². The van der Waals surface area contributed by atoms with Crippen molar-refractivity contribution in [1.29, 1.82) is 0 Å². The molecule has 2 heterocycles. The molecule has 4 rings (SSSR count). The molecule has 0 saturated carbocycles. The van der Waals surface area contributed by atoms with Crippen LogP contribution >= 0.6 is 0 Å². The number of carbonyl (C=O) groups excluding carboxylic acids is 3. The molecule has 10 heteroatoms. The first-order valence-electron chi connectivity index (χ1n) is 14.0. The number of methoxy groups -OCH3 is 2. The molecule has 0 aliphatic carbocycles. The largest absolute Gasteiger partial charge is 0.468 e. The van der Waals surface area contributed by atoms with Crippen LogP contribution < -0.4 is 5.32 Å². The van der Waals surface area contributed by atoms with E-state index in [1.165, 1.54) is 30.2 Å². The average Bonchev–Trinajstić information content (AvgIpc) is 2.97. The Morgan fingerprint density at radius 1 is 0.780 bits per heavy atom. The number of hydrogen-bond acceptors (Lipinski definition) is 9. The van der Waals surface area contributed by atoms with Gasteiger partial charge < -0.3 is 19.5 Å². The Hall–Kier alpha value is -3.47. The fraction of sp³-hybridized carbons (Fsp3) is 0.516. The van der Waals surface area contributed by atoms with E-state index in [9.17, 15) is 14.4 Å². The van der Waals surface area contributed by atoms with Crippen molar-refractivity contribution in [3.63, 3.8) is 0 Å². The average molecular weight is 569 g/mol. The van der Waals surface area contributed by atoms with E-state index in [0.29, 0.717) is 26.2 Å². The molecule has 2 aromatic carbocycles. The van der Waals surface area contributed by atoms with E-state index in [1.807, 2.05) is 69.3 Å². The van der Waals surface area contributed by atoms with Gasteiger partial charge in [0.2, 0.25) is 0 Å². The summed E-state index contributed by atoms with van der Waals surface area (Å²) >= 11 is 0. The van der Waals surface area contributed by atoms with E-state index < -0.39 is 23.7 Å². The van der Waals surface area contributed by atoms with Crippen molar-refractivity contribution in [2.75, 3.05) is 53.5 Å². The molecule has 2 aromatic rings. The Bertz CT molecular complexity index is 1110. The Kier molecular flexibility index (Phi) is 12.1. The second-order valence-electron chi connectivity index (χ2n) is 11.2. The molecule has 0 unspecified atom stereocenters. The van der Waals surface area contributed by atoms with Crippen molar-refractivity contribution in [3.05, 3.63) is 71.8 Å². The molecule has 2 fully saturated rings. The zero-order valence-corrected chi connectivity index (χ0v) is 24.9. The Morgan fingerprint density at radius 2 is 1.32 bits per heavy atom. The lowest BCUT2D eigenvalue weighted by Gasteiger charge is -2.40. The maximum Gasteiger partial charge on any atom is 0.411 e. The van der Waals surface area contributed by atoms with Crippen molar-refractivity contribution in [2.24, 2.45) is 0 Å². The minimum absolute atomic E-state index is 0.178. The predicted octanol–water partition coefficient (Wildman–Crippen LogP) is 2.91. The van der Waals surface area contributed by atoms with Crippen LogP contribution in [-0.4, -0.2) is 104 Å². The van der Waals surface area contributed by atoms with Crippen LogP contribution in [0.3, 0.4) is 0 Å². The molecule has 2 aliphatic heterocycles. The third-order valence-electron chi connectivity index (χ3n) is 6.81. The molecular weight excluding hydrogens is 524 g/mol. The van der Waals surface area contributed by atoms with Crippen LogP contribution in [0.25, 0.3) is 0 Å². The van der Waals surface area contributed by atoms with Crippen LogP contribution in [0.1, 0.15) is 31.9 Å². The van der Waals surface area contributed by atoms with Gasteiger partial charge in [-0.15, -0.1) is 0 Å². The molecule has 0 bridgehead atoms. The lowest BCUT2D eigenvalue weighted by molar-refractivity contribution is -0.149. The summed E-state index contributed by atoms with van der Waals surface area (Å²) < 4.78 is 15.1. The maximum atomic E-state index is 12.4. The van der Waals surface area contributed by atoms with E-state index in [1.54, 1.807) is 0 Å². The molecule has 2 aliphatic rings. The topological polar surface area (TPSA) is 101 Å². The van der Waals surface area contributed by atoms with E-state index in [4.69, 9.17) is 14.2 Å². The smallest absolute Gasteiger partial charge is 0.411 e. The molecule has 0 aromatic heterocycles. The van der Waals surface area contributed by atoms with Gasteiger partial charge in [0, 0.05) is 52.4 Å². The predicted molar refractivity (Wildman–Crippen MR) is 156 cm³/mol. The molecule has 0 radical (unpaired) electrons. The summed E-state index contributed by atoms with van der Waals surface area (Å²) in [5.74, 6) is -0.596. The van der Waals surface area contributed by atoms with Gasteiger partial charge in [0.25, 0.3) is 0 Å². The van der Waals surface area contributed by atoms with Crippen molar-refractivity contribution in [2.45, 2.75) is 51.5 Å². The highest BCUT2D eigenvalue weighted by Crippen LogP contribution is 2.18. The van der Waals surface area contributed by atoms with Crippen molar-refractivity contribution < 1.29 is 28.6 Å². The van der Waals surface area contributed by atoms with E-state index >= 15 is 0 Å². The number of rotatable bonds is 6. The van der Waals surface area contributed by atoms with Crippen LogP contribution in [0.15, 0.2) is 60.7 Å². The van der Waals surface area contributed by atoms with Gasteiger partial charge in [0.05, 0.1) is 14.2 Å². The van der Waals surface area contributed by atoms with E-state index in [-0.39, 0.29) is 12.0 Å². The minimum Gasteiger partial charge on any atom is -0.468 e. The van der Waals surface area contributed by atoms with Crippen LogP contribution in [0.4, 0.5) is 4.79 Å². The summed E-state index contributed by atoms with van der Waals surface area (Å²) in [7, 11) is 2.77. The first-order valence-corrected chi connectivity index (χ1v) is 14.0. The molecule has 1 amide bonds. The second kappa shape index (κ2) is 15.5. The third kappa shape index (κ3) is 10.5. The lowest BCUT2D eigenvalue weighted by atomic mass is 10.1. The molecule has 41 heavy (non-hydrogen) atoms. The summed E-state index contributed by atoms with van der Waals surface area (Å²) in [5, 5.41) is 3.17. The first-order chi connectivity index (χ1) is 19.6. The summed E-state index contributed by atoms with van der Waals surface area (Å²) in [4.78, 5) is 41.9. The van der Waals surface area contributed by atoms with Crippen LogP contribution in [0.2, 0.25) is 0 Å². The van der Waals surface area contributed by atoms with Crippen molar-refractivity contribution in [1.82, 2.24) is 20.0 Å². The number of carbonyl (C=O) groups is 3. The summed E-state index contributed by atoms with van der Waals surface area (Å²) in [6, 6.07) is 19.5. The summed E-state index contributed by atoms with van der Waals surface area (Å²) in [5.41, 5.74) is 1.85. The van der Waals surface area contributed by atoms with Crippen molar-refractivity contribution >= 4 is 18.0 Å². The first kappa shape index (κ1) is 32.0. The number of nitrogens with zero attached hydrogens (tertiary/aromatic N) is 3. The SMILES string of the molecule is COC(=O)[C@@H]1CN(Cc2ccccc2)CCN1.COC(=O)[C@@H]1CN(Cc2ccccc2)CCN1C(=O)OC(C)(C)C. The van der Waals surface area contributed by atoms with Crippen LogP contribution in [0.5, 0.6) is 0 Å². The molecule has 1 N–H and O–H groups in total. The Labute approximate surface area is 243 Å². The zero-order chi connectivity index (χ0) is 29.8. The number of hydrogen-bond donors (Lipinski definition) is 1. The van der Waals surface area contributed by atoms with E-state index in [2.05, 4.69) is 27.2 Å². The highest BCUT2D eigenvalue weighted by atomic mass is 16.6. The minimum atomic E-state index is -0.651. The monoisotopic (exact) mass is 568 g/mol. The molecule has 0 spiro atoms. The van der Waals surface area contributed by atoms with Gasteiger partial charge in [0.15, 0.2) is 0 Å². The van der Waals surface area contributed by atoms with E-state index in [0.717, 1.165) is 26.2 Å². The highest BCUT2D eigenvalue weighted by Gasteiger charge is 2.38. The standard InChI is InChI=1S/C18H26N2O4.C13H18N2O2/c1-18(2,3)24-17(22)20-11-10-19(13-15(20)16(21)23-4)12-14-8-6-5-7-9-14;1-17-13(16)12-10-15(8-7-14-12)9-11-5-3-2-4-6-11/h5-9,15H,10-13H2,1-4H3;2-6,12,14H,7-10H2,1H3/t15-;12-/m00/s1. The number of esters is 2. The molecule has 10 nitrogen and oxygen atoms in total. The van der Waals surface area contributed by atoms with Crippen LogP contribution in [-0.2, 0) is 36.9 Å². The third-order valence-corrected chi connectivity index (χ3v) is 6.81. The fourth-order valence-electron chi connectivity index (χ4n) is 4.80. The Balaban J connectivity index is 0.000000239. The van der Waals surface area contributed by atoms with Gasteiger partial charge in [-0.05, 0) is 31.9 Å². The molecule has 2 atom stereocenters. The van der Waals surface area contributed by atoms with Gasteiger partial charge in [-0.3, -0.25) is 19.5 Å². The van der Waals surface area contributed by atoms with Gasteiger partial charge in [0.1, 0.15) is 17.7 Å². The van der Waals surface area contributed by atoms with Gasteiger partial charge in [-0.2, -0.15) is 0 Å². The summed E-state index contributed by atoms with van der Waals surface area (Å²) in [6.07, 6.45) is -0.475. The highest BCUT2D eigenvalue weighted by molar-refractivity contribution is 5.82. The van der Waals surface area contributed by atoms with Gasteiger partial charge in [-0.1, -0.05) is 60.7 Å². The number of nitrogens with one attached hydrogen (secondary N) is 1.